The van der Waals surface area contributed by atoms with E-state index >= 15 is 0 Å². The average molecular weight is 323 g/mol. The van der Waals surface area contributed by atoms with E-state index in [4.69, 9.17) is 14.6 Å². The highest BCUT2D eigenvalue weighted by atomic mass is 16.7. The van der Waals surface area contributed by atoms with Gasteiger partial charge < -0.3 is 9.64 Å². The van der Waals surface area contributed by atoms with Crippen molar-refractivity contribution < 1.29 is 9.57 Å². The zero-order valence-corrected chi connectivity index (χ0v) is 14.7. The molecule has 0 N–H and O–H groups in total. The van der Waals surface area contributed by atoms with Gasteiger partial charge in [-0.25, -0.2) is 10.1 Å². The Labute approximate surface area is 141 Å². The first-order chi connectivity index (χ1) is 11.4. The average Bonchev–Trinajstić information content (AvgIpc) is 2.64. The molecule has 2 aliphatic carbocycles. The molecular formula is C18H33N3O2. The standard InChI is InChI=1S/C18H33N3O2/c1-22-21(17-10-6-3-7-11-17)18(20-12-14-23-15-13-20)19-16-8-4-2-5-9-16/h16-17H,2-15H2,1H3. The third kappa shape index (κ3) is 4.60. The lowest BCUT2D eigenvalue weighted by molar-refractivity contribution is -0.118. The molecule has 0 atom stereocenters. The van der Waals surface area contributed by atoms with Crippen LogP contribution >= 0.6 is 0 Å². The smallest absolute Gasteiger partial charge is 0.221 e. The summed E-state index contributed by atoms with van der Waals surface area (Å²) in [7, 11) is 1.81. The molecule has 5 heteroatoms. The first-order valence-corrected chi connectivity index (χ1v) is 9.62. The number of hydrogen-bond donors (Lipinski definition) is 0. The minimum atomic E-state index is 0.475. The highest BCUT2D eigenvalue weighted by molar-refractivity contribution is 5.80. The molecule has 3 rings (SSSR count). The van der Waals surface area contributed by atoms with E-state index in [-0.39, 0.29) is 0 Å². The van der Waals surface area contributed by atoms with Crippen molar-refractivity contribution in [3.63, 3.8) is 0 Å². The predicted octanol–water partition coefficient (Wildman–Crippen LogP) is 3.20. The quantitative estimate of drug-likeness (QED) is 0.454. The summed E-state index contributed by atoms with van der Waals surface area (Å²) >= 11 is 0. The van der Waals surface area contributed by atoms with Crippen LogP contribution in [0.4, 0.5) is 0 Å². The largest absolute Gasteiger partial charge is 0.378 e. The minimum Gasteiger partial charge on any atom is -0.378 e. The summed E-state index contributed by atoms with van der Waals surface area (Å²) in [6, 6.07) is 0.960. The summed E-state index contributed by atoms with van der Waals surface area (Å²) in [5.41, 5.74) is 0. The van der Waals surface area contributed by atoms with Gasteiger partial charge in [-0.3, -0.25) is 4.84 Å². The molecule has 3 fully saturated rings. The molecule has 132 valence electrons. The van der Waals surface area contributed by atoms with Crippen molar-refractivity contribution in [3.8, 4) is 0 Å². The normalized spacial score (nSPS) is 25.6. The Morgan fingerprint density at radius 2 is 1.57 bits per heavy atom. The predicted molar refractivity (Wildman–Crippen MR) is 92.4 cm³/mol. The number of hydroxylamine groups is 2. The molecule has 0 amide bonds. The highest BCUT2D eigenvalue weighted by Crippen LogP contribution is 2.26. The van der Waals surface area contributed by atoms with Crippen molar-refractivity contribution in [2.75, 3.05) is 33.4 Å². The number of aliphatic imine (C=N–C) groups is 1. The molecule has 0 aromatic heterocycles. The summed E-state index contributed by atoms with van der Waals surface area (Å²) in [4.78, 5) is 13.4. The van der Waals surface area contributed by atoms with E-state index < -0.39 is 0 Å². The summed E-state index contributed by atoms with van der Waals surface area (Å²) < 4.78 is 5.54. The monoisotopic (exact) mass is 323 g/mol. The van der Waals surface area contributed by atoms with E-state index in [1.807, 2.05) is 7.11 Å². The maximum absolute atomic E-state index is 5.87. The molecule has 1 heterocycles. The van der Waals surface area contributed by atoms with Gasteiger partial charge in [0.2, 0.25) is 5.96 Å². The van der Waals surface area contributed by atoms with E-state index in [0.717, 1.165) is 32.3 Å². The fourth-order valence-electron chi connectivity index (χ4n) is 4.12. The first-order valence-electron chi connectivity index (χ1n) is 9.62. The Kier molecular flexibility index (Phi) is 6.57. The fourth-order valence-corrected chi connectivity index (χ4v) is 4.12. The van der Waals surface area contributed by atoms with Crippen molar-refractivity contribution in [1.82, 2.24) is 9.96 Å². The van der Waals surface area contributed by atoms with Crippen LogP contribution in [0, 0.1) is 0 Å². The van der Waals surface area contributed by atoms with Gasteiger partial charge in [0, 0.05) is 13.1 Å². The maximum Gasteiger partial charge on any atom is 0.221 e. The highest BCUT2D eigenvalue weighted by Gasteiger charge is 2.30. The molecule has 0 aromatic carbocycles. The third-order valence-corrected chi connectivity index (χ3v) is 5.47. The van der Waals surface area contributed by atoms with Gasteiger partial charge in [0.25, 0.3) is 0 Å². The van der Waals surface area contributed by atoms with Crippen LogP contribution in [-0.2, 0) is 9.57 Å². The van der Waals surface area contributed by atoms with Gasteiger partial charge in [-0.1, -0.05) is 38.5 Å². The van der Waals surface area contributed by atoms with E-state index in [0.29, 0.717) is 12.1 Å². The van der Waals surface area contributed by atoms with Gasteiger partial charge in [-0.2, -0.15) is 0 Å². The number of nitrogens with zero attached hydrogens (tertiary/aromatic N) is 3. The van der Waals surface area contributed by atoms with Gasteiger partial charge >= 0.3 is 0 Å². The van der Waals surface area contributed by atoms with Gasteiger partial charge in [-0.05, 0) is 25.7 Å². The molecule has 3 aliphatic rings. The lowest BCUT2D eigenvalue weighted by Gasteiger charge is -2.40. The summed E-state index contributed by atoms with van der Waals surface area (Å²) in [6.45, 7) is 3.45. The number of guanidine groups is 1. The fraction of sp³-hybridized carbons (Fsp3) is 0.944. The molecular weight excluding hydrogens is 290 g/mol. The molecule has 23 heavy (non-hydrogen) atoms. The number of rotatable bonds is 3. The van der Waals surface area contributed by atoms with Crippen LogP contribution < -0.4 is 0 Å². The minimum absolute atomic E-state index is 0.475. The zero-order chi connectivity index (χ0) is 15.9. The molecule has 1 saturated heterocycles. The van der Waals surface area contributed by atoms with Crippen LogP contribution in [0.3, 0.4) is 0 Å². The van der Waals surface area contributed by atoms with E-state index in [1.54, 1.807) is 0 Å². The van der Waals surface area contributed by atoms with E-state index in [2.05, 4.69) is 9.96 Å². The van der Waals surface area contributed by atoms with Crippen molar-refractivity contribution in [1.29, 1.82) is 0 Å². The van der Waals surface area contributed by atoms with Gasteiger partial charge in [0.15, 0.2) is 0 Å². The summed E-state index contributed by atoms with van der Waals surface area (Å²) in [5.74, 6) is 1.08. The molecule has 5 nitrogen and oxygen atoms in total. The number of ether oxygens (including phenoxy) is 1. The van der Waals surface area contributed by atoms with Gasteiger partial charge in [-0.15, -0.1) is 0 Å². The maximum atomic E-state index is 5.87. The molecule has 1 aliphatic heterocycles. The Bertz CT molecular complexity index is 370. The molecule has 0 radical (unpaired) electrons. The van der Waals surface area contributed by atoms with E-state index in [1.165, 1.54) is 64.2 Å². The van der Waals surface area contributed by atoms with Crippen molar-refractivity contribution in [2.45, 2.75) is 76.3 Å². The van der Waals surface area contributed by atoms with E-state index in [9.17, 15) is 0 Å². The Morgan fingerprint density at radius 1 is 0.957 bits per heavy atom. The summed E-state index contributed by atoms with van der Waals surface area (Å²) in [6.07, 6.45) is 12.9. The molecule has 0 unspecified atom stereocenters. The van der Waals surface area contributed by atoms with Crippen LogP contribution in [0.2, 0.25) is 0 Å². The van der Waals surface area contributed by atoms with Crippen LogP contribution in [-0.4, -0.2) is 61.4 Å². The lowest BCUT2D eigenvalue weighted by atomic mass is 9.95. The van der Waals surface area contributed by atoms with Gasteiger partial charge in [0.1, 0.15) is 0 Å². The first kappa shape index (κ1) is 17.0. The Hall–Kier alpha value is -0.810. The molecule has 0 spiro atoms. The SMILES string of the molecule is CON(C(=NC1CCCCC1)N1CCOCC1)C1CCCCC1. The van der Waals surface area contributed by atoms with Crippen molar-refractivity contribution >= 4 is 5.96 Å². The Morgan fingerprint density at radius 3 is 2.17 bits per heavy atom. The number of morpholine rings is 1. The third-order valence-electron chi connectivity index (χ3n) is 5.47. The second kappa shape index (κ2) is 8.88. The van der Waals surface area contributed by atoms with Crippen LogP contribution in [0.1, 0.15) is 64.2 Å². The van der Waals surface area contributed by atoms with Crippen molar-refractivity contribution in [2.24, 2.45) is 4.99 Å². The second-order valence-electron chi connectivity index (χ2n) is 7.12. The van der Waals surface area contributed by atoms with Crippen LogP contribution in [0.25, 0.3) is 0 Å². The zero-order valence-electron chi connectivity index (χ0n) is 14.7. The molecule has 0 aromatic rings. The van der Waals surface area contributed by atoms with Gasteiger partial charge in [0.05, 0.1) is 32.4 Å². The second-order valence-corrected chi connectivity index (χ2v) is 7.12. The van der Waals surface area contributed by atoms with Crippen LogP contribution in [0.5, 0.6) is 0 Å². The number of hydrogen-bond acceptors (Lipinski definition) is 3. The molecule has 0 bridgehead atoms. The Balaban J connectivity index is 1.77. The lowest BCUT2D eigenvalue weighted by Crippen LogP contribution is -2.53. The van der Waals surface area contributed by atoms with Crippen molar-refractivity contribution in [3.05, 3.63) is 0 Å². The van der Waals surface area contributed by atoms with Crippen LogP contribution in [0.15, 0.2) is 4.99 Å². The summed E-state index contributed by atoms with van der Waals surface area (Å²) in [5, 5.41) is 2.14. The molecule has 2 saturated carbocycles. The topological polar surface area (TPSA) is 37.3 Å².